The van der Waals surface area contributed by atoms with Gasteiger partial charge < -0.3 is 5.32 Å². The van der Waals surface area contributed by atoms with Crippen LogP contribution in [0.1, 0.15) is 46.7 Å². The Morgan fingerprint density at radius 3 is 2.52 bits per heavy atom. The summed E-state index contributed by atoms with van der Waals surface area (Å²) in [5, 5.41) is 6.51. The van der Waals surface area contributed by atoms with Crippen LogP contribution in [-0.2, 0) is 7.05 Å². The molecule has 0 radical (unpaired) electrons. The van der Waals surface area contributed by atoms with Gasteiger partial charge in [0.1, 0.15) is 5.56 Å². The minimum Gasteiger partial charge on any atom is -0.321 e. The molecule has 1 amide bonds. The zero-order valence-electron chi connectivity index (χ0n) is 13.7. The van der Waals surface area contributed by atoms with E-state index in [-0.39, 0.29) is 17.3 Å². The lowest BCUT2D eigenvalue weighted by atomic mass is 10.00. The van der Waals surface area contributed by atoms with E-state index in [4.69, 9.17) is 0 Å². The molecule has 1 N–H and O–H groups in total. The molecular formula is C17H20FN3O2. The van der Waals surface area contributed by atoms with E-state index in [0.29, 0.717) is 23.4 Å². The lowest BCUT2D eigenvalue weighted by molar-refractivity contribution is 0.0968. The van der Waals surface area contributed by atoms with Crippen molar-refractivity contribution in [1.82, 2.24) is 9.78 Å². The van der Waals surface area contributed by atoms with Crippen LogP contribution < -0.4 is 5.32 Å². The van der Waals surface area contributed by atoms with Crippen molar-refractivity contribution in [2.75, 3.05) is 5.32 Å². The molecule has 5 nitrogen and oxygen atoms in total. The van der Waals surface area contributed by atoms with E-state index in [1.165, 1.54) is 7.05 Å². The summed E-state index contributed by atoms with van der Waals surface area (Å²) in [6.07, 6.45) is 0.382. The maximum Gasteiger partial charge on any atom is 0.262 e. The molecule has 0 aliphatic rings. The second-order valence-electron chi connectivity index (χ2n) is 5.90. The Morgan fingerprint density at radius 2 is 1.96 bits per heavy atom. The van der Waals surface area contributed by atoms with E-state index < -0.39 is 11.9 Å². The van der Waals surface area contributed by atoms with Gasteiger partial charge in [-0.2, -0.15) is 9.49 Å². The largest absolute Gasteiger partial charge is 0.321 e. The van der Waals surface area contributed by atoms with Crippen molar-refractivity contribution in [2.24, 2.45) is 13.0 Å². The smallest absolute Gasteiger partial charge is 0.262 e. The fraction of sp³-hybridized carbons (Fsp3) is 0.353. The van der Waals surface area contributed by atoms with Gasteiger partial charge in [0.25, 0.3) is 5.91 Å². The first-order valence-electron chi connectivity index (χ1n) is 7.44. The molecule has 6 heteroatoms. The van der Waals surface area contributed by atoms with Crippen molar-refractivity contribution >= 4 is 17.4 Å². The van der Waals surface area contributed by atoms with Crippen LogP contribution in [0.3, 0.4) is 0 Å². The molecule has 0 aliphatic carbocycles. The van der Waals surface area contributed by atoms with Gasteiger partial charge in [0.15, 0.2) is 5.78 Å². The number of nitrogens with zero attached hydrogens (tertiary/aromatic N) is 2. The Kier molecular flexibility index (Phi) is 4.93. The third-order valence-corrected chi connectivity index (χ3v) is 3.45. The first kappa shape index (κ1) is 16.9. The molecule has 0 spiro atoms. The average Bonchev–Trinajstić information content (AvgIpc) is 2.71. The van der Waals surface area contributed by atoms with Crippen LogP contribution in [0, 0.1) is 18.8 Å². The van der Waals surface area contributed by atoms with Crippen molar-refractivity contribution in [1.29, 1.82) is 0 Å². The number of carbonyl (C=O) groups is 2. The van der Waals surface area contributed by atoms with E-state index in [9.17, 15) is 14.0 Å². The summed E-state index contributed by atoms with van der Waals surface area (Å²) in [5.74, 6) is -1.16. The molecule has 23 heavy (non-hydrogen) atoms. The van der Waals surface area contributed by atoms with Crippen molar-refractivity contribution in [2.45, 2.75) is 27.2 Å². The van der Waals surface area contributed by atoms with Crippen LogP contribution in [-0.4, -0.2) is 21.5 Å². The highest BCUT2D eigenvalue weighted by Gasteiger charge is 2.22. The first-order chi connectivity index (χ1) is 10.8. The number of benzene rings is 1. The number of anilines is 1. The predicted molar refractivity (Wildman–Crippen MR) is 86.1 cm³/mol. The quantitative estimate of drug-likeness (QED) is 0.860. The first-order valence-corrected chi connectivity index (χ1v) is 7.44. The normalized spacial score (nSPS) is 10.9. The number of ketones is 1. The summed E-state index contributed by atoms with van der Waals surface area (Å²) in [4.78, 5) is 24.6. The van der Waals surface area contributed by atoms with Crippen LogP contribution in [0.5, 0.6) is 0 Å². The summed E-state index contributed by atoms with van der Waals surface area (Å²) in [6.45, 7) is 5.47. The molecule has 122 valence electrons. The molecular weight excluding hydrogens is 297 g/mol. The molecule has 2 rings (SSSR count). The second kappa shape index (κ2) is 6.73. The number of Topliss-reactive ketones (excluding diaryl/α,β-unsaturated/α-hetero) is 1. The Labute approximate surface area is 134 Å². The highest BCUT2D eigenvalue weighted by atomic mass is 19.1. The fourth-order valence-electron chi connectivity index (χ4n) is 2.39. The van der Waals surface area contributed by atoms with Crippen LogP contribution in [0.15, 0.2) is 24.3 Å². The van der Waals surface area contributed by atoms with Gasteiger partial charge in [0, 0.05) is 19.0 Å². The second-order valence-corrected chi connectivity index (χ2v) is 5.90. The van der Waals surface area contributed by atoms with Gasteiger partial charge in [0.2, 0.25) is 5.95 Å². The van der Waals surface area contributed by atoms with E-state index >= 15 is 0 Å². The average molecular weight is 317 g/mol. The number of hydrogen-bond acceptors (Lipinski definition) is 3. The Bertz CT molecular complexity index is 750. The molecule has 0 aliphatic heterocycles. The molecule has 2 aromatic rings. The van der Waals surface area contributed by atoms with Gasteiger partial charge in [-0.15, -0.1) is 0 Å². The van der Waals surface area contributed by atoms with Crippen molar-refractivity contribution in [3.8, 4) is 0 Å². The maximum atomic E-state index is 14.0. The third-order valence-electron chi connectivity index (χ3n) is 3.45. The van der Waals surface area contributed by atoms with Gasteiger partial charge in [-0.25, -0.2) is 4.68 Å². The predicted octanol–water partition coefficient (Wildman–Crippen LogP) is 3.35. The molecule has 1 heterocycles. The molecule has 0 fully saturated rings. The number of aromatic nitrogens is 2. The highest BCUT2D eigenvalue weighted by molar-refractivity contribution is 6.09. The van der Waals surface area contributed by atoms with Gasteiger partial charge in [-0.1, -0.05) is 26.0 Å². The van der Waals surface area contributed by atoms with Crippen LogP contribution >= 0.6 is 0 Å². The standard InChI is InChI=1S/C17H20FN3O2/c1-10(2)9-14(22)12-7-5-6-8-13(12)19-17(23)15-11(3)20-21(4)16(15)18/h5-8,10H,9H2,1-4H3,(H,19,23). The molecule has 0 atom stereocenters. The third kappa shape index (κ3) is 3.64. The number of carbonyl (C=O) groups excluding carboxylic acids is 2. The zero-order valence-corrected chi connectivity index (χ0v) is 13.7. The van der Waals surface area contributed by atoms with Crippen molar-refractivity contribution in [3.63, 3.8) is 0 Å². The molecule has 0 saturated carbocycles. The van der Waals surface area contributed by atoms with Gasteiger partial charge in [-0.05, 0) is 25.0 Å². The van der Waals surface area contributed by atoms with Gasteiger partial charge in [-0.3, -0.25) is 9.59 Å². The number of hydrogen-bond donors (Lipinski definition) is 1. The number of nitrogens with one attached hydrogen (secondary N) is 1. The van der Waals surface area contributed by atoms with Crippen molar-refractivity contribution in [3.05, 3.63) is 47.0 Å². The van der Waals surface area contributed by atoms with Crippen molar-refractivity contribution < 1.29 is 14.0 Å². The molecule has 1 aromatic carbocycles. The van der Waals surface area contributed by atoms with E-state index in [1.54, 1.807) is 31.2 Å². The van der Waals surface area contributed by atoms with Gasteiger partial charge >= 0.3 is 0 Å². The van der Waals surface area contributed by atoms with Gasteiger partial charge in [0.05, 0.1) is 11.4 Å². The topological polar surface area (TPSA) is 64.0 Å². The Hall–Kier alpha value is -2.50. The summed E-state index contributed by atoms with van der Waals surface area (Å²) in [6, 6.07) is 6.75. The summed E-state index contributed by atoms with van der Waals surface area (Å²) in [5.41, 5.74) is 0.995. The van der Waals surface area contributed by atoms with Crippen LogP contribution in [0.2, 0.25) is 0 Å². The summed E-state index contributed by atoms with van der Waals surface area (Å²) >= 11 is 0. The fourth-order valence-corrected chi connectivity index (χ4v) is 2.39. The minimum absolute atomic E-state index is 0.0562. The van der Waals surface area contributed by atoms with Crippen LogP contribution in [0.4, 0.5) is 10.1 Å². The number of rotatable bonds is 5. The number of amides is 1. The van der Waals surface area contributed by atoms with Crippen LogP contribution in [0.25, 0.3) is 0 Å². The maximum absolute atomic E-state index is 14.0. The van der Waals surface area contributed by atoms with E-state index in [0.717, 1.165) is 4.68 Å². The lowest BCUT2D eigenvalue weighted by Crippen LogP contribution is -2.17. The number of para-hydroxylation sites is 1. The number of halogens is 1. The lowest BCUT2D eigenvalue weighted by Gasteiger charge is -2.11. The zero-order chi connectivity index (χ0) is 17.1. The monoisotopic (exact) mass is 317 g/mol. The minimum atomic E-state index is -0.703. The Balaban J connectivity index is 2.30. The highest BCUT2D eigenvalue weighted by Crippen LogP contribution is 2.21. The SMILES string of the molecule is Cc1nn(C)c(F)c1C(=O)Nc1ccccc1C(=O)CC(C)C. The molecule has 0 unspecified atom stereocenters. The van der Waals surface area contributed by atoms with E-state index in [2.05, 4.69) is 10.4 Å². The molecule has 0 saturated heterocycles. The summed E-state index contributed by atoms with van der Waals surface area (Å²) < 4.78 is 15.0. The summed E-state index contributed by atoms with van der Waals surface area (Å²) in [7, 11) is 1.43. The number of aryl methyl sites for hydroxylation is 2. The van der Waals surface area contributed by atoms with E-state index in [1.807, 2.05) is 13.8 Å². The molecule has 0 bridgehead atoms. The molecule has 1 aromatic heterocycles. The Morgan fingerprint density at radius 1 is 1.30 bits per heavy atom.